The maximum absolute atomic E-state index is 12.5. The van der Waals surface area contributed by atoms with Crippen molar-refractivity contribution in [3.05, 3.63) is 29.8 Å². The number of nitrogens with two attached hydrogens (primary N) is 1. The number of fused-ring (bicyclic) bond motifs is 1. The Morgan fingerprint density at radius 3 is 2.68 bits per heavy atom. The maximum Gasteiger partial charge on any atom is 0.241 e. The molecule has 2 heterocycles. The Bertz CT molecular complexity index is 567. The predicted octanol–water partition coefficient (Wildman–Crippen LogP) is 0.0428. The van der Waals surface area contributed by atoms with Gasteiger partial charge in [0, 0.05) is 31.9 Å². The first-order valence-corrected chi connectivity index (χ1v) is 7.77. The third-order valence-corrected chi connectivity index (χ3v) is 4.49. The Labute approximate surface area is 130 Å². The van der Waals surface area contributed by atoms with Gasteiger partial charge in [-0.05, 0) is 24.5 Å². The number of amides is 2. The monoisotopic (exact) mass is 302 g/mol. The van der Waals surface area contributed by atoms with Crippen LogP contribution < -0.4 is 11.1 Å². The van der Waals surface area contributed by atoms with Gasteiger partial charge in [-0.3, -0.25) is 19.4 Å². The van der Waals surface area contributed by atoms with Gasteiger partial charge in [-0.15, -0.1) is 0 Å². The molecule has 0 bridgehead atoms. The molecule has 2 amide bonds. The molecule has 0 radical (unpaired) electrons. The molecule has 1 atom stereocenters. The van der Waals surface area contributed by atoms with E-state index in [4.69, 9.17) is 5.73 Å². The highest BCUT2D eigenvalue weighted by atomic mass is 16.2. The minimum atomic E-state index is -0.295. The second-order valence-electron chi connectivity index (χ2n) is 5.98. The van der Waals surface area contributed by atoms with Gasteiger partial charge in [-0.25, -0.2) is 0 Å². The summed E-state index contributed by atoms with van der Waals surface area (Å²) in [5, 5.41) is 3.04. The number of benzene rings is 1. The van der Waals surface area contributed by atoms with Gasteiger partial charge in [0.05, 0.1) is 12.6 Å². The summed E-state index contributed by atoms with van der Waals surface area (Å²) in [5.74, 6) is -0.218. The molecule has 1 unspecified atom stereocenters. The Morgan fingerprint density at radius 1 is 1.23 bits per heavy atom. The van der Waals surface area contributed by atoms with Crippen LogP contribution in [0.1, 0.15) is 12.0 Å². The number of anilines is 1. The zero-order valence-corrected chi connectivity index (χ0v) is 12.6. The van der Waals surface area contributed by atoms with E-state index in [0.29, 0.717) is 6.54 Å². The van der Waals surface area contributed by atoms with Gasteiger partial charge in [0.25, 0.3) is 0 Å². The Kier molecular flexibility index (Phi) is 4.40. The van der Waals surface area contributed by atoms with Crippen LogP contribution in [0.4, 0.5) is 5.69 Å². The van der Waals surface area contributed by atoms with Crippen molar-refractivity contribution in [3.8, 4) is 0 Å². The third kappa shape index (κ3) is 3.28. The Balaban J connectivity index is 1.62. The lowest BCUT2D eigenvalue weighted by Crippen LogP contribution is -2.54. The van der Waals surface area contributed by atoms with Crippen molar-refractivity contribution in [2.75, 3.05) is 38.0 Å². The van der Waals surface area contributed by atoms with E-state index in [1.54, 1.807) is 0 Å². The average Bonchev–Trinajstić information content (AvgIpc) is 2.66. The topological polar surface area (TPSA) is 78.7 Å². The smallest absolute Gasteiger partial charge is 0.241 e. The number of carbonyl (C=O) groups excluding carboxylic acids is 2. The number of nitrogens with zero attached hydrogens (tertiary/aromatic N) is 2. The highest BCUT2D eigenvalue weighted by Crippen LogP contribution is 2.24. The van der Waals surface area contributed by atoms with E-state index in [1.165, 1.54) is 5.56 Å². The highest BCUT2D eigenvalue weighted by molar-refractivity contribution is 5.96. The molecule has 6 nitrogen and oxygen atoms in total. The summed E-state index contributed by atoms with van der Waals surface area (Å²) >= 11 is 0. The van der Waals surface area contributed by atoms with Gasteiger partial charge in [0.1, 0.15) is 0 Å². The van der Waals surface area contributed by atoms with Crippen LogP contribution in [-0.2, 0) is 16.0 Å². The first kappa shape index (κ1) is 15.0. The van der Waals surface area contributed by atoms with Gasteiger partial charge >= 0.3 is 0 Å². The number of hydrogen-bond acceptors (Lipinski definition) is 4. The fraction of sp³-hybridized carbons (Fsp3) is 0.500. The van der Waals surface area contributed by atoms with Crippen molar-refractivity contribution < 1.29 is 9.59 Å². The molecule has 1 aromatic rings. The molecule has 3 N–H and O–H groups in total. The summed E-state index contributed by atoms with van der Waals surface area (Å²) in [6.07, 6.45) is 1.74. The van der Waals surface area contributed by atoms with E-state index in [0.717, 1.165) is 44.7 Å². The summed E-state index contributed by atoms with van der Waals surface area (Å²) in [6.45, 7) is 3.44. The van der Waals surface area contributed by atoms with Crippen molar-refractivity contribution in [1.82, 2.24) is 9.80 Å². The van der Waals surface area contributed by atoms with E-state index in [-0.39, 0.29) is 17.9 Å². The van der Waals surface area contributed by atoms with Gasteiger partial charge in [0.2, 0.25) is 11.8 Å². The molecule has 2 aliphatic heterocycles. The molecular weight excluding hydrogens is 280 g/mol. The highest BCUT2D eigenvalue weighted by Gasteiger charge is 2.31. The number of rotatable bonds is 3. The molecule has 6 heteroatoms. The average molecular weight is 302 g/mol. The number of nitrogens with one attached hydrogen (secondary N) is 1. The summed E-state index contributed by atoms with van der Waals surface area (Å²) in [4.78, 5) is 27.7. The molecule has 22 heavy (non-hydrogen) atoms. The second-order valence-corrected chi connectivity index (χ2v) is 5.98. The Hall–Kier alpha value is -1.92. The molecule has 0 spiro atoms. The van der Waals surface area contributed by atoms with Crippen molar-refractivity contribution in [2.24, 2.45) is 5.73 Å². The van der Waals surface area contributed by atoms with Crippen molar-refractivity contribution in [2.45, 2.75) is 18.9 Å². The molecular formula is C16H22N4O2. The van der Waals surface area contributed by atoms with Crippen molar-refractivity contribution in [3.63, 3.8) is 0 Å². The van der Waals surface area contributed by atoms with E-state index in [9.17, 15) is 9.59 Å². The number of aryl methyl sites for hydroxylation is 1. The molecule has 2 aliphatic rings. The number of para-hydroxylation sites is 1. The van der Waals surface area contributed by atoms with Gasteiger partial charge in [0.15, 0.2) is 0 Å². The molecule has 0 saturated carbocycles. The lowest BCUT2D eigenvalue weighted by Gasteiger charge is -2.37. The van der Waals surface area contributed by atoms with Crippen molar-refractivity contribution in [1.29, 1.82) is 0 Å². The first-order valence-electron chi connectivity index (χ1n) is 7.77. The fourth-order valence-electron chi connectivity index (χ4n) is 3.30. The molecule has 1 aromatic carbocycles. The van der Waals surface area contributed by atoms with E-state index in [2.05, 4.69) is 16.3 Å². The summed E-state index contributed by atoms with van der Waals surface area (Å²) in [6, 6.07) is 7.89. The van der Waals surface area contributed by atoms with E-state index < -0.39 is 0 Å². The minimum Gasteiger partial charge on any atom is -0.369 e. The number of hydrogen-bond donors (Lipinski definition) is 2. The van der Waals surface area contributed by atoms with Gasteiger partial charge < -0.3 is 11.1 Å². The van der Waals surface area contributed by atoms with Crippen LogP contribution in [-0.4, -0.2) is 60.4 Å². The summed E-state index contributed by atoms with van der Waals surface area (Å²) < 4.78 is 0. The van der Waals surface area contributed by atoms with Gasteiger partial charge in [-0.1, -0.05) is 18.2 Å². The second kappa shape index (κ2) is 6.46. The summed E-state index contributed by atoms with van der Waals surface area (Å²) in [7, 11) is 0. The van der Waals surface area contributed by atoms with E-state index in [1.807, 2.05) is 23.1 Å². The lowest BCUT2D eigenvalue weighted by atomic mass is 10.0. The summed E-state index contributed by atoms with van der Waals surface area (Å²) in [5.41, 5.74) is 7.37. The fourth-order valence-corrected chi connectivity index (χ4v) is 3.30. The third-order valence-electron chi connectivity index (χ3n) is 4.49. The lowest BCUT2D eigenvalue weighted by molar-refractivity contribution is -0.123. The molecule has 118 valence electrons. The van der Waals surface area contributed by atoms with Crippen molar-refractivity contribution >= 4 is 17.5 Å². The Morgan fingerprint density at radius 2 is 1.95 bits per heavy atom. The van der Waals surface area contributed by atoms with Crippen LogP contribution >= 0.6 is 0 Å². The SMILES string of the molecule is NC(=O)CN1CCN(C2CCc3ccccc3NC2=O)CC1. The molecule has 1 fully saturated rings. The van der Waals surface area contributed by atoms with Gasteiger partial charge in [-0.2, -0.15) is 0 Å². The largest absolute Gasteiger partial charge is 0.369 e. The van der Waals surface area contributed by atoms with Crippen LogP contribution in [0.25, 0.3) is 0 Å². The number of primary amides is 1. The molecule has 0 aromatic heterocycles. The standard InChI is InChI=1S/C16H22N4O2/c17-15(21)11-19-7-9-20(10-8-19)14-6-5-12-3-1-2-4-13(12)18-16(14)22/h1-4,14H,5-11H2,(H2,17,21)(H,18,22). The van der Waals surface area contributed by atoms with Crippen LogP contribution in [0.5, 0.6) is 0 Å². The number of carbonyl (C=O) groups is 2. The van der Waals surface area contributed by atoms with Crippen LogP contribution in [0.15, 0.2) is 24.3 Å². The van der Waals surface area contributed by atoms with Crippen LogP contribution in [0.2, 0.25) is 0 Å². The number of piperazine rings is 1. The van der Waals surface area contributed by atoms with Crippen LogP contribution in [0, 0.1) is 0 Å². The normalized spacial score (nSPS) is 23.5. The molecule has 0 aliphatic carbocycles. The zero-order valence-electron chi connectivity index (χ0n) is 12.6. The molecule has 1 saturated heterocycles. The quantitative estimate of drug-likeness (QED) is 0.826. The van der Waals surface area contributed by atoms with Crippen LogP contribution in [0.3, 0.4) is 0 Å². The predicted molar refractivity (Wildman–Crippen MR) is 84.4 cm³/mol. The maximum atomic E-state index is 12.5. The first-order chi connectivity index (χ1) is 10.6. The van der Waals surface area contributed by atoms with E-state index >= 15 is 0 Å². The minimum absolute atomic E-state index is 0.0771. The molecule has 3 rings (SSSR count). The zero-order chi connectivity index (χ0) is 15.5.